The van der Waals surface area contributed by atoms with E-state index < -0.39 is 0 Å². The van der Waals surface area contributed by atoms with E-state index in [0.717, 1.165) is 21.2 Å². The van der Waals surface area contributed by atoms with Gasteiger partial charge in [0.25, 0.3) is 0 Å². The van der Waals surface area contributed by atoms with Crippen molar-refractivity contribution in [3.63, 3.8) is 0 Å². The van der Waals surface area contributed by atoms with Crippen LogP contribution < -0.4 is 5.73 Å². The largest absolute Gasteiger partial charge is 0.380 e. The molecule has 94 valence electrons. The standard InChI is InChI=1S/C14H10BrN3O/c15-11-4-2-1-3-10(11)12-13(19-18-14(12)16)9-5-7-17-8-6-9/h1-8H,(H2,16,18). The number of benzene rings is 1. The highest BCUT2D eigenvalue weighted by Crippen LogP contribution is 2.39. The number of anilines is 1. The van der Waals surface area contributed by atoms with Gasteiger partial charge < -0.3 is 10.3 Å². The lowest BCUT2D eigenvalue weighted by Crippen LogP contribution is -1.89. The lowest BCUT2D eigenvalue weighted by Gasteiger charge is -2.04. The lowest BCUT2D eigenvalue weighted by atomic mass is 10.0. The van der Waals surface area contributed by atoms with Gasteiger partial charge in [0.05, 0.1) is 5.56 Å². The SMILES string of the molecule is Nc1noc(-c2ccncc2)c1-c1ccccc1Br. The number of nitrogens with two attached hydrogens (primary N) is 1. The monoisotopic (exact) mass is 315 g/mol. The Bertz CT molecular complexity index is 710. The van der Waals surface area contributed by atoms with Crippen molar-refractivity contribution in [3.8, 4) is 22.5 Å². The summed E-state index contributed by atoms with van der Waals surface area (Å²) in [7, 11) is 0. The second kappa shape index (κ2) is 4.85. The van der Waals surface area contributed by atoms with Crippen LogP contribution in [0.3, 0.4) is 0 Å². The van der Waals surface area contributed by atoms with Crippen LogP contribution in [0.1, 0.15) is 0 Å². The number of hydrogen-bond donors (Lipinski definition) is 1. The van der Waals surface area contributed by atoms with Crippen molar-refractivity contribution >= 4 is 21.7 Å². The minimum absolute atomic E-state index is 0.374. The molecule has 5 heteroatoms. The molecule has 0 aliphatic rings. The summed E-state index contributed by atoms with van der Waals surface area (Å²) in [5.74, 6) is 1.02. The summed E-state index contributed by atoms with van der Waals surface area (Å²) >= 11 is 3.52. The van der Waals surface area contributed by atoms with Crippen LogP contribution in [0.2, 0.25) is 0 Å². The molecule has 4 nitrogen and oxygen atoms in total. The first-order chi connectivity index (χ1) is 9.27. The van der Waals surface area contributed by atoms with Gasteiger partial charge in [0, 0.05) is 28.0 Å². The number of nitrogen functional groups attached to an aromatic ring is 1. The van der Waals surface area contributed by atoms with E-state index in [4.69, 9.17) is 10.3 Å². The minimum atomic E-state index is 0.374. The fourth-order valence-electron chi connectivity index (χ4n) is 1.93. The molecule has 0 saturated heterocycles. The number of pyridine rings is 1. The Labute approximate surface area is 118 Å². The fraction of sp³-hybridized carbons (Fsp3) is 0. The highest BCUT2D eigenvalue weighted by atomic mass is 79.9. The molecule has 0 radical (unpaired) electrons. The summed E-state index contributed by atoms with van der Waals surface area (Å²) in [4.78, 5) is 4.00. The smallest absolute Gasteiger partial charge is 0.177 e. The predicted molar refractivity (Wildman–Crippen MR) is 77.3 cm³/mol. The summed E-state index contributed by atoms with van der Waals surface area (Å²) in [6, 6.07) is 11.5. The van der Waals surface area contributed by atoms with E-state index in [1.807, 2.05) is 36.4 Å². The van der Waals surface area contributed by atoms with Crippen LogP contribution in [-0.2, 0) is 0 Å². The van der Waals surface area contributed by atoms with Crippen molar-refractivity contribution in [2.24, 2.45) is 0 Å². The van der Waals surface area contributed by atoms with Crippen LogP contribution in [-0.4, -0.2) is 10.1 Å². The first-order valence-electron chi connectivity index (χ1n) is 5.68. The minimum Gasteiger partial charge on any atom is -0.380 e. The number of rotatable bonds is 2. The van der Waals surface area contributed by atoms with Gasteiger partial charge in [0.2, 0.25) is 0 Å². The van der Waals surface area contributed by atoms with Gasteiger partial charge in [-0.05, 0) is 18.2 Å². The molecule has 3 aromatic rings. The molecular formula is C14H10BrN3O. The van der Waals surface area contributed by atoms with Crippen LogP contribution in [0.5, 0.6) is 0 Å². The molecule has 0 aliphatic carbocycles. The zero-order valence-corrected chi connectivity index (χ0v) is 11.5. The quantitative estimate of drug-likeness (QED) is 0.782. The van der Waals surface area contributed by atoms with E-state index in [0.29, 0.717) is 11.6 Å². The normalized spacial score (nSPS) is 10.6. The van der Waals surface area contributed by atoms with Crippen LogP contribution in [0.15, 0.2) is 57.8 Å². The van der Waals surface area contributed by atoms with Gasteiger partial charge in [0.1, 0.15) is 0 Å². The Morgan fingerprint density at radius 2 is 1.79 bits per heavy atom. The first kappa shape index (κ1) is 11.9. The van der Waals surface area contributed by atoms with Gasteiger partial charge >= 0.3 is 0 Å². The van der Waals surface area contributed by atoms with E-state index in [1.165, 1.54) is 0 Å². The molecule has 3 rings (SSSR count). The lowest BCUT2D eigenvalue weighted by molar-refractivity contribution is 0.436. The summed E-state index contributed by atoms with van der Waals surface area (Å²) in [6.07, 6.45) is 3.41. The predicted octanol–water partition coefficient (Wildman–Crippen LogP) is 3.75. The van der Waals surface area contributed by atoms with Crippen molar-refractivity contribution in [2.75, 3.05) is 5.73 Å². The summed E-state index contributed by atoms with van der Waals surface area (Å²) in [5, 5.41) is 3.87. The molecular weight excluding hydrogens is 306 g/mol. The van der Waals surface area contributed by atoms with E-state index in [1.54, 1.807) is 12.4 Å². The second-order valence-corrected chi connectivity index (χ2v) is 4.84. The van der Waals surface area contributed by atoms with Crippen molar-refractivity contribution in [2.45, 2.75) is 0 Å². The average molecular weight is 316 g/mol. The van der Waals surface area contributed by atoms with Crippen molar-refractivity contribution in [3.05, 3.63) is 53.3 Å². The van der Waals surface area contributed by atoms with Crippen molar-refractivity contribution < 1.29 is 4.52 Å². The molecule has 2 N–H and O–H groups in total. The van der Waals surface area contributed by atoms with Crippen molar-refractivity contribution in [1.29, 1.82) is 0 Å². The first-order valence-corrected chi connectivity index (χ1v) is 6.47. The summed E-state index contributed by atoms with van der Waals surface area (Å²) in [5.41, 5.74) is 8.57. The molecule has 2 heterocycles. The van der Waals surface area contributed by atoms with E-state index in [2.05, 4.69) is 26.1 Å². The number of nitrogens with zero attached hydrogens (tertiary/aromatic N) is 2. The molecule has 0 aliphatic heterocycles. The fourth-order valence-corrected chi connectivity index (χ4v) is 2.41. The molecule has 2 aromatic heterocycles. The van der Waals surface area contributed by atoms with Gasteiger partial charge in [-0.15, -0.1) is 0 Å². The Morgan fingerprint density at radius 3 is 2.53 bits per heavy atom. The topological polar surface area (TPSA) is 64.9 Å². The molecule has 0 saturated carbocycles. The highest BCUT2D eigenvalue weighted by Gasteiger charge is 2.19. The Morgan fingerprint density at radius 1 is 1.05 bits per heavy atom. The van der Waals surface area contributed by atoms with Gasteiger partial charge in [-0.2, -0.15) is 0 Å². The molecule has 0 fully saturated rings. The summed E-state index contributed by atoms with van der Waals surface area (Å²) < 4.78 is 6.31. The number of halogens is 1. The van der Waals surface area contributed by atoms with E-state index in [-0.39, 0.29) is 0 Å². The molecule has 0 amide bonds. The highest BCUT2D eigenvalue weighted by molar-refractivity contribution is 9.10. The van der Waals surface area contributed by atoms with Crippen LogP contribution >= 0.6 is 15.9 Å². The maximum absolute atomic E-state index is 5.94. The zero-order chi connectivity index (χ0) is 13.2. The van der Waals surface area contributed by atoms with Gasteiger partial charge in [0.15, 0.2) is 11.6 Å². The second-order valence-electron chi connectivity index (χ2n) is 3.99. The Hall–Kier alpha value is -2.14. The van der Waals surface area contributed by atoms with E-state index in [9.17, 15) is 0 Å². The maximum Gasteiger partial charge on any atom is 0.177 e. The van der Waals surface area contributed by atoms with Crippen LogP contribution in [0, 0.1) is 0 Å². The summed E-state index contributed by atoms with van der Waals surface area (Å²) in [6.45, 7) is 0. The Balaban J connectivity index is 2.23. The molecule has 0 atom stereocenters. The third kappa shape index (κ3) is 2.13. The molecule has 1 aromatic carbocycles. The average Bonchev–Trinajstić information content (AvgIpc) is 2.82. The van der Waals surface area contributed by atoms with Gasteiger partial charge in [-0.3, -0.25) is 4.98 Å². The molecule has 0 unspecified atom stereocenters. The maximum atomic E-state index is 5.94. The van der Waals surface area contributed by atoms with Crippen molar-refractivity contribution in [1.82, 2.24) is 10.1 Å². The third-order valence-corrected chi connectivity index (χ3v) is 3.50. The van der Waals surface area contributed by atoms with Gasteiger partial charge in [-0.1, -0.05) is 39.3 Å². The zero-order valence-electron chi connectivity index (χ0n) is 9.88. The number of hydrogen-bond acceptors (Lipinski definition) is 4. The van der Waals surface area contributed by atoms with Gasteiger partial charge in [-0.25, -0.2) is 0 Å². The van der Waals surface area contributed by atoms with Crippen LogP contribution in [0.4, 0.5) is 5.82 Å². The molecule has 0 bridgehead atoms. The molecule has 19 heavy (non-hydrogen) atoms. The number of aromatic nitrogens is 2. The van der Waals surface area contributed by atoms with Crippen LogP contribution in [0.25, 0.3) is 22.5 Å². The Kier molecular flexibility index (Phi) is 3.05. The molecule has 0 spiro atoms. The third-order valence-electron chi connectivity index (χ3n) is 2.80. The van der Waals surface area contributed by atoms with E-state index >= 15 is 0 Å².